The van der Waals surface area contributed by atoms with E-state index in [4.69, 9.17) is 16.8 Å². The van der Waals surface area contributed by atoms with E-state index in [0.717, 1.165) is 0 Å². The summed E-state index contributed by atoms with van der Waals surface area (Å²) in [6, 6.07) is 2.03. The number of nitriles is 1. The summed E-state index contributed by atoms with van der Waals surface area (Å²) in [5, 5.41) is 16.5. The molecule has 0 saturated carbocycles. The number of nitrogens with zero attached hydrogens (tertiary/aromatic N) is 1. The Morgan fingerprint density at radius 1 is 1.27 bits per heavy atom. The topological polar surface area (TPSA) is 44.0 Å². The standard InChI is InChI=1S/C5H8O.C4H7N.C3H7Br/c1-4-5(2,3)6;1-4(2)3-5;1-3(2)4/h1,6H,2-3H3;4H,1-2H3;3H,1-2H3. The Morgan fingerprint density at radius 3 is 1.40 bits per heavy atom. The van der Waals surface area contributed by atoms with Crippen molar-refractivity contribution in [3.8, 4) is 18.4 Å². The van der Waals surface area contributed by atoms with Crippen molar-refractivity contribution in [2.24, 2.45) is 5.92 Å². The van der Waals surface area contributed by atoms with Gasteiger partial charge in [0.15, 0.2) is 0 Å². The fourth-order valence-corrected chi connectivity index (χ4v) is 0. The average Bonchev–Trinajstić information content (AvgIpc) is 2.03. The normalized spacial score (nSPS) is 9.07. The molecule has 0 aromatic rings. The van der Waals surface area contributed by atoms with Gasteiger partial charge in [-0.05, 0) is 27.7 Å². The maximum atomic E-state index is 8.59. The molecule has 3 heteroatoms. The maximum Gasteiger partial charge on any atom is 0.119 e. The van der Waals surface area contributed by atoms with E-state index in [1.807, 2.05) is 19.9 Å². The highest BCUT2D eigenvalue weighted by Crippen LogP contribution is 1.93. The van der Waals surface area contributed by atoms with Crippen LogP contribution in [0.15, 0.2) is 0 Å². The van der Waals surface area contributed by atoms with Gasteiger partial charge in [-0.15, -0.1) is 6.42 Å². The lowest BCUT2D eigenvalue weighted by Gasteiger charge is -2.04. The summed E-state index contributed by atoms with van der Waals surface area (Å²) in [5.74, 6) is 2.35. The molecule has 1 N–H and O–H groups in total. The van der Waals surface area contributed by atoms with Crippen LogP contribution in [0.2, 0.25) is 0 Å². The van der Waals surface area contributed by atoms with E-state index < -0.39 is 5.60 Å². The zero-order valence-corrected chi connectivity index (χ0v) is 12.1. The van der Waals surface area contributed by atoms with Crippen LogP contribution < -0.4 is 0 Å². The first-order chi connectivity index (χ1) is 6.56. The lowest BCUT2D eigenvalue weighted by molar-refractivity contribution is 0.144. The van der Waals surface area contributed by atoms with E-state index in [2.05, 4.69) is 35.7 Å². The van der Waals surface area contributed by atoms with Crippen molar-refractivity contribution in [2.45, 2.75) is 52.0 Å². The number of hydrogen-bond donors (Lipinski definition) is 1. The molecule has 0 radical (unpaired) electrons. The molecule has 0 saturated heterocycles. The lowest BCUT2D eigenvalue weighted by Crippen LogP contribution is -2.13. The molecule has 0 aromatic carbocycles. The third kappa shape index (κ3) is 88.3. The first kappa shape index (κ1) is 20.0. The van der Waals surface area contributed by atoms with Gasteiger partial charge in [-0.25, -0.2) is 0 Å². The van der Waals surface area contributed by atoms with Gasteiger partial charge in [-0.1, -0.05) is 35.7 Å². The van der Waals surface area contributed by atoms with Gasteiger partial charge >= 0.3 is 0 Å². The molecule has 0 amide bonds. The summed E-state index contributed by atoms with van der Waals surface area (Å²) < 4.78 is 0. The van der Waals surface area contributed by atoms with Crippen LogP contribution >= 0.6 is 15.9 Å². The third-order valence-electron chi connectivity index (χ3n) is 0.611. The van der Waals surface area contributed by atoms with Gasteiger partial charge in [0, 0.05) is 10.7 Å². The molecule has 0 unspecified atom stereocenters. The number of alkyl halides is 1. The molecule has 0 aliphatic carbocycles. The van der Waals surface area contributed by atoms with E-state index in [-0.39, 0.29) is 5.92 Å². The van der Waals surface area contributed by atoms with Crippen LogP contribution in [0.25, 0.3) is 0 Å². The van der Waals surface area contributed by atoms with Gasteiger partial charge in [0.2, 0.25) is 0 Å². The Balaban J connectivity index is -0.000000147. The predicted molar refractivity (Wildman–Crippen MR) is 69.6 cm³/mol. The van der Waals surface area contributed by atoms with Gasteiger partial charge in [0.25, 0.3) is 0 Å². The van der Waals surface area contributed by atoms with Crippen LogP contribution in [0.1, 0.15) is 41.5 Å². The SMILES string of the molecule is C#CC(C)(C)O.CC(C)Br.CC(C)C#N. The highest BCUT2D eigenvalue weighted by atomic mass is 79.9. The Hall–Kier alpha value is -0.510. The van der Waals surface area contributed by atoms with Crippen molar-refractivity contribution < 1.29 is 5.11 Å². The number of terminal acetylenes is 1. The minimum Gasteiger partial charge on any atom is -0.378 e. The fraction of sp³-hybridized carbons (Fsp3) is 0.750. The number of aliphatic hydroxyl groups is 1. The molecule has 0 heterocycles. The average molecular weight is 276 g/mol. The van der Waals surface area contributed by atoms with Crippen molar-refractivity contribution in [1.29, 1.82) is 5.26 Å². The summed E-state index contributed by atoms with van der Waals surface area (Å²) in [4.78, 5) is 0.646. The van der Waals surface area contributed by atoms with Crippen LogP contribution in [0.5, 0.6) is 0 Å². The Morgan fingerprint density at radius 2 is 1.40 bits per heavy atom. The molecule has 0 spiro atoms. The molecule has 0 atom stereocenters. The van der Waals surface area contributed by atoms with Crippen LogP contribution in [0, 0.1) is 29.6 Å². The van der Waals surface area contributed by atoms with Gasteiger partial charge in [-0.3, -0.25) is 0 Å². The molecule has 2 nitrogen and oxygen atoms in total. The molecule has 0 aromatic heterocycles. The smallest absolute Gasteiger partial charge is 0.119 e. The summed E-state index contributed by atoms with van der Waals surface area (Å²) in [6.45, 7) is 11.0. The van der Waals surface area contributed by atoms with Gasteiger partial charge in [0.1, 0.15) is 5.60 Å². The van der Waals surface area contributed by atoms with Crippen molar-refractivity contribution in [3.63, 3.8) is 0 Å². The number of rotatable bonds is 0. The van der Waals surface area contributed by atoms with Gasteiger partial charge in [0.05, 0.1) is 6.07 Å². The van der Waals surface area contributed by atoms with Crippen LogP contribution in [-0.4, -0.2) is 15.5 Å². The largest absolute Gasteiger partial charge is 0.378 e. The van der Waals surface area contributed by atoms with Crippen molar-refractivity contribution in [3.05, 3.63) is 0 Å². The minimum atomic E-state index is -0.931. The highest BCUT2D eigenvalue weighted by molar-refractivity contribution is 9.09. The quantitative estimate of drug-likeness (QED) is 0.544. The van der Waals surface area contributed by atoms with Crippen LogP contribution in [0.4, 0.5) is 0 Å². The second kappa shape index (κ2) is 11.6. The minimum absolute atomic E-state index is 0.190. The lowest BCUT2D eigenvalue weighted by atomic mass is 10.2. The van der Waals surface area contributed by atoms with E-state index in [1.54, 1.807) is 13.8 Å². The van der Waals surface area contributed by atoms with Gasteiger partial charge in [-0.2, -0.15) is 5.26 Å². The Bertz CT molecular complexity index is 200. The molecule has 0 aliphatic heterocycles. The van der Waals surface area contributed by atoms with Crippen LogP contribution in [-0.2, 0) is 0 Å². The van der Waals surface area contributed by atoms with E-state index in [9.17, 15) is 0 Å². The highest BCUT2D eigenvalue weighted by Gasteiger charge is 2.03. The number of hydrogen-bond acceptors (Lipinski definition) is 2. The third-order valence-corrected chi connectivity index (χ3v) is 0.611. The second-order valence-electron chi connectivity index (χ2n) is 4.00. The fourth-order valence-electron chi connectivity index (χ4n) is 0. The Labute approximate surface area is 103 Å². The summed E-state index contributed by atoms with van der Waals surface area (Å²) in [7, 11) is 0. The molecule has 88 valence electrons. The Kier molecular flexibility index (Phi) is 15.4. The maximum absolute atomic E-state index is 8.59. The first-order valence-corrected chi connectivity index (χ1v) is 5.72. The summed E-state index contributed by atoms with van der Waals surface area (Å²) >= 11 is 3.27. The zero-order chi connectivity index (χ0) is 13.1. The molecule has 0 bridgehead atoms. The monoisotopic (exact) mass is 275 g/mol. The molecule has 15 heavy (non-hydrogen) atoms. The molecule has 0 fully saturated rings. The molecular weight excluding hydrogens is 254 g/mol. The van der Waals surface area contributed by atoms with E-state index >= 15 is 0 Å². The van der Waals surface area contributed by atoms with Crippen molar-refractivity contribution in [1.82, 2.24) is 0 Å². The van der Waals surface area contributed by atoms with Crippen molar-refractivity contribution in [2.75, 3.05) is 0 Å². The van der Waals surface area contributed by atoms with E-state index in [0.29, 0.717) is 4.83 Å². The number of halogens is 1. The summed E-state index contributed by atoms with van der Waals surface area (Å²) in [6.07, 6.45) is 4.81. The predicted octanol–water partition coefficient (Wildman–Crippen LogP) is 3.35. The van der Waals surface area contributed by atoms with Crippen molar-refractivity contribution >= 4 is 15.9 Å². The molecular formula is C12H22BrNO. The zero-order valence-electron chi connectivity index (χ0n) is 10.5. The van der Waals surface area contributed by atoms with Crippen LogP contribution in [0.3, 0.4) is 0 Å². The van der Waals surface area contributed by atoms with Gasteiger partial charge < -0.3 is 5.11 Å². The first-order valence-electron chi connectivity index (χ1n) is 4.80. The molecule has 0 rings (SSSR count). The molecule has 0 aliphatic rings. The second-order valence-corrected chi connectivity index (χ2v) is 5.83. The van der Waals surface area contributed by atoms with E-state index in [1.165, 1.54) is 0 Å². The summed E-state index contributed by atoms with van der Waals surface area (Å²) in [5.41, 5.74) is -0.931.